The van der Waals surface area contributed by atoms with E-state index in [4.69, 9.17) is 4.98 Å². The highest BCUT2D eigenvalue weighted by Gasteiger charge is 2.26. The van der Waals surface area contributed by atoms with Crippen LogP contribution in [0.15, 0.2) is 30.3 Å². The van der Waals surface area contributed by atoms with Gasteiger partial charge in [0.15, 0.2) is 0 Å². The van der Waals surface area contributed by atoms with Crippen molar-refractivity contribution in [2.75, 3.05) is 44.6 Å². The first-order valence-corrected chi connectivity index (χ1v) is 9.70. The number of hydrogen-bond donors (Lipinski definition) is 3. The molecule has 1 aliphatic rings. The quantitative estimate of drug-likeness (QED) is 0.666. The number of hydrazine groups is 1. The Morgan fingerprint density at radius 1 is 1.26 bits per heavy atom. The van der Waals surface area contributed by atoms with Gasteiger partial charge in [-0.2, -0.15) is 0 Å². The van der Waals surface area contributed by atoms with Gasteiger partial charge in [-0.15, -0.1) is 0 Å². The van der Waals surface area contributed by atoms with Gasteiger partial charge in [0, 0.05) is 56.1 Å². The van der Waals surface area contributed by atoms with Gasteiger partial charge in [0.25, 0.3) is 0 Å². The van der Waals surface area contributed by atoms with Crippen LogP contribution < -0.4 is 21.1 Å². The zero-order valence-corrected chi connectivity index (χ0v) is 17.1. The Labute approximate surface area is 162 Å². The lowest BCUT2D eigenvalue weighted by atomic mass is 10.0. The molecule has 1 aromatic heterocycles. The van der Waals surface area contributed by atoms with E-state index in [1.54, 1.807) is 0 Å². The Morgan fingerprint density at radius 3 is 2.78 bits per heavy atom. The van der Waals surface area contributed by atoms with Crippen molar-refractivity contribution < 1.29 is 0 Å². The van der Waals surface area contributed by atoms with Gasteiger partial charge in [0.2, 0.25) is 0 Å². The number of hydrogen-bond acceptors (Lipinski definition) is 6. The lowest BCUT2D eigenvalue weighted by Crippen LogP contribution is -2.38. The van der Waals surface area contributed by atoms with Crippen molar-refractivity contribution in [1.82, 2.24) is 20.6 Å². The van der Waals surface area contributed by atoms with Crippen LogP contribution in [0.1, 0.15) is 25.0 Å². The molecular weight excluding hydrogens is 336 g/mol. The van der Waals surface area contributed by atoms with E-state index < -0.39 is 0 Å². The van der Waals surface area contributed by atoms with Crippen LogP contribution >= 0.6 is 0 Å². The minimum atomic E-state index is 0.353. The highest BCUT2D eigenvalue weighted by molar-refractivity contribution is 5.74. The minimum Gasteiger partial charge on any atom is -0.388 e. The summed E-state index contributed by atoms with van der Waals surface area (Å²) in [4.78, 5) is 7.33. The number of fused-ring (bicyclic) bond motifs is 1. The van der Waals surface area contributed by atoms with E-state index in [0.29, 0.717) is 6.04 Å². The summed E-state index contributed by atoms with van der Waals surface area (Å²) in [5, 5.41) is 8.71. The first kappa shape index (κ1) is 19.6. The van der Waals surface area contributed by atoms with Crippen LogP contribution in [0.3, 0.4) is 0 Å². The average Bonchev–Trinajstić information content (AvgIpc) is 3.10. The number of rotatable bonds is 8. The third kappa shape index (κ3) is 4.40. The SMILES string of the molecule is CNCCN(C)Cc1cccc(-c2cc(NC)c3c(n2)N(C(C)C)NC3)c1. The number of aromatic nitrogens is 1. The molecule has 2 heterocycles. The maximum atomic E-state index is 5.00. The number of benzene rings is 1. The minimum absolute atomic E-state index is 0.353. The number of nitrogens with one attached hydrogen (secondary N) is 3. The van der Waals surface area contributed by atoms with Crippen LogP contribution in [-0.2, 0) is 13.1 Å². The second kappa shape index (κ2) is 8.69. The fraction of sp³-hybridized carbons (Fsp3) is 0.476. The maximum absolute atomic E-state index is 5.00. The molecule has 0 bridgehead atoms. The molecule has 3 rings (SSSR count). The lowest BCUT2D eigenvalue weighted by molar-refractivity contribution is 0.328. The maximum Gasteiger partial charge on any atom is 0.150 e. The van der Waals surface area contributed by atoms with Crippen LogP contribution in [0.5, 0.6) is 0 Å². The van der Waals surface area contributed by atoms with Crippen LogP contribution in [0, 0.1) is 0 Å². The lowest BCUT2D eigenvalue weighted by Gasteiger charge is -2.23. The molecule has 1 aliphatic heterocycles. The van der Waals surface area contributed by atoms with Crippen molar-refractivity contribution >= 4 is 11.5 Å². The Morgan fingerprint density at radius 2 is 2.07 bits per heavy atom. The summed E-state index contributed by atoms with van der Waals surface area (Å²) in [6.07, 6.45) is 0. The molecule has 6 heteroatoms. The fourth-order valence-corrected chi connectivity index (χ4v) is 3.49. The van der Waals surface area contributed by atoms with Crippen molar-refractivity contribution in [3.05, 3.63) is 41.5 Å². The number of pyridine rings is 1. The molecule has 0 amide bonds. The molecule has 0 unspecified atom stereocenters. The predicted octanol–water partition coefficient (Wildman–Crippen LogP) is 2.67. The van der Waals surface area contributed by atoms with E-state index in [1.807, 2.05) is 14.1 Å². The van der Waals surface area contributed by atoms with Crippen molar-refractivity contribution in [2.45, 2.75) is 33.0 Å². The summed E-state index contributed by atoms with van der Waals surface area (Å²) in [5.74, 6) is 1.03. The molecule has 1 aromatic carbocycles. The molecule has 2 aromatic rings. The van der Waals surface area contributed by atoms with Gasteiger partial charge in [-0.05, 0) is 45.6 Å². The van der Waals surface area contributed by atoms with E-state index in [2.05, 4.69) is 77.2 Å². The first-order valence-electron chi connectivity index (χ1n) is 9.70. The van der Waals surface area contributed by atoms with E-state index in [9.17, 15) is 0 Å². The molecule has 0 radical (unpaired) electrons. The first-order chi connectivity index (χ1) is 13.0. The molecule has 0 aliphatic carbocycles. The Hall–Kier alpha value is -2.15. The number of nitrogens with zero attached hydrogens (tertiary/aromatic N) is 3. The second-order valence-electron chi connectivity index (χ2n) is 7.45. The Balaban J connectivity index is 1.90. The third-order valence-corrected chi connectivity index (χ3v) is 4.96. The monoisotopic (exact) mass is 368 g/mol. The van der Waals surface area contributed by atoms with Gasteiger partial charge in [-0.3, -0.25) is 5.01 Å². The summed E-state index contributed by atoms with van der Waals surface area (Å²) >= 11 is 0. The predicted molar refractivity (Wildman–Crippen MR) is 114 cm³/mol. The highest BCUT2D eigenvalue weighted by Crippen LogP contribution is 2.34. The summed E-state index contributed by atoms with van der Waals surface area (Å²) < 4.78 is 0. The molecule has 6 nitrogen and oxygen atoms in total. The number of likely N-dealkylation sites (N-methyl/N-ethyl adjacent to an activating group) is 2. The molecule has 0 atom stereocenters. The molecule has 0 saturated carbocycles. The van der Waals surface area contributed by atoms with Crippen molar-refractivity contribution in [3.8, 4) is 11.3 Å². The summed E-state index contributed by atoms with van der Waals surface area (Å²) in [6.45, 7) is 8.11. The zero-order chi connectivity index (χ0) is 19.4. The molecule has 3 N–H and O–H groups in total. The van der Waals surface area contributed by atoms with Crippen LogP contribution in [0.25, 0.3) is 11.3 Å². The van der Waals surface area contributed by atoms with E-state index in [1.165, 1.54) is 11.1 Å². The summed E-state index contributed by atoms with van der Waals surface area (Å²) in [5.41, 5.74) is 9.29. The van der Waals surface area contributed by atoms with E-state index in [0.717, 1.165) is 48.9 Å². The van der Waals surface area contributed by atoms with Crippen molar-refractivity contribution in [3.63, 3.8) is 0 Å². The normalized spacial score (nSPS) is 13.5. The highest BCUT2D eigenvalue weighted by atomic mass is 15.6. The molecular formula is C21H32N6. The second-order valence-corrected chi connectivity index (χ2v) is 7.45. The van der Waals surface area contributed by atoms with Gasteiger partial charge in [-0.1, -0.05) is 18.2 Å². The zero-order valence-electron chi connectivity index (χ0n) is 17.1. The van der Waals surface area contributed by atoms with Gasteiger partial charge in [-0.25, -0.2) is 10.4 Å². The smallest absolute Gasteiger partial charge is 0.150 e. The fourth-order valence-electron chi connectivity index (χ4n) is 3.49. The van der Waals surface area contributed by atoms with Crippen molar-refractivity contribution in [1.29, 1.82) is 0 Å². The standard InChI is InChI=1S/C21H32N6/c1-15(2)27-21-18(13-24-27)20(23-4)12-19(25-21)17-8-6-7-16(11-17)14-26(5)10-9-22-3/h6-8,11-12,15,22,24H,9-10,13-14H2,1-5H3,(H,23,25). The van der Waals surface area contributed by atoms with E-state index in [-0.39, 0.29) is 0 Å². The topological polar surface area (TPSA) is 55.5 Å². The molecule has 0 saturated heterocycles. The van der Waals surface area contributed by atoms with Crippen molar-refractivity contribution in [2.24, 2.45) is 0 Å². The van der Waals surface area contributed by atoms with Gasteiger partial charge >= 0.3 is 0 Å². The Kier molecular flexibility index (Phi) is 6.31. The van der Waals surface area contributed by atoms with Gasteiger partial charge in [0.05, 0.1) is 5.69 Å². The third-order valence-electron chi connectivity index (χ3n) is 4.96. The summed E-state index contributed by atoms with van der Waals surface area (Å²) in [6, 6.07) is 11.2. The largest absolute Gasteiger partial charge is 0.388 e. The van der Waals surface area contributed by atoms with Crippen LogP contribution in [0.2, 0.25) is 0 Å². The Bertz CT molecular complexity index is 773. The van der Waals surface area contributed by atoms with Crippen LogP contribution in [-0.4, -0.2) is 50.2 Å². The molecule has 27 heavy (non-hydrogen) atoms. The van der Waals surface area contributed by atoms with E-state index >= 15 is 0 Å². The van der Waals surface area contributed by atoms with Gasteiger partial charge in [0.1, 0.15) is 5.82 Å². The molecule has 0 spiro atoms. The number of anilines is 2. The van der Waals surface area contributed by atoms with Crippen LogP contribution in [0.4, 0.5) is 11.5 Å². The molecule has 146 valence electrons. The molecule has 0 fully saturated rings. The summed E-state index contributed by atoms with van der Waals surface area (Å²) in [7, 11) is 6.12. The average molecular weight is 369 g/mol. The van der Waals surface area contributed by atoms with Gasteiger partial charge < -0.3 is 15.5 Å².